The van der Waals surface area contributed by atoms with E-state index in [1.165, 1.54) is 12.1 Å². The Hall–Kier alpha value is -1.09. The number of halogens is 2. The molecule has 0 spiro atoms. The zero-order valence-electron chi connectivity index (χ0n) is 12.2. The van der Waals surface area contributed by atoms with Gasteiger partial charge in [-0.15, -0.1) is 0 Å². The van der Waals surface area contributed by atoms with Crippen molar-refractivity contribution in [2.24, 2.45) is 0 Å². The van der Waals surface area contributed by atoms with Crippen molar-refractivity contribution in [3.8, 4) is 0 Å². The highest BCUT2D eigenvalue weighted by atomic mass is 79.9. The second-order valence-corrected chi connectivity index (χ2v) is 9.88. The minimum atomic E-state index is -4.04. The fourth-order valence-corrected chi connectivity index (χ4v) is 4.87. The summed E-state index contributed by atoms with van der Waals surface area (Å²) in [5.41, 5.74) is 1.29. The molecule has 0 aromatic heterocycles. The molecule has 0 fully saturated rings. The maximum Gasteiger partial charge on any atom is 0.263 e. The summed E-state index contributed by atoms with van der Waals surface area (Å²) in [6.45, 7) is 1.87. The molecule has 9 heteroatoms. The van der Waals surface area contributed by atoms with E-state index in [0.29, 0.717) is 10.2 Å². The number of sulfone groups is 1. The van der Waals surface area contributed by atoms with Crippen LogP contribution in [0.2, 0.25) is 5.02 Å². The predicted molar refractivity (Wildman–Crippen MR) is 94.2 cm³/mol. The minimum absolute atomic E-state index is 0.0619. The van der Waals surface area contributed by atoms with Gasteiger partial charge in [-0.1, -0.05) is 17.7 Å². The van der Waals surface area contributed by atoms with Crippen molar-refractivity contribution in [3.63, 3.8) is 0 Å². The normalized spacial score (nSPS) is 12.2. The highest BCUT2D eigenvalue weighted by Gasteiger charge is 2.22. The smallest absolute Gasteiger partial charge is 0.263 e. The number of hydrogen-bond donors (Lipinski definition) is 1. The first-order valence-electron chi connectivity index (χ1n) is 6.29. The number of benzene rings is 2. The van der Waals surface area contributed by atoms with Gasteiger partial charge in [0.2, 0.25) is 0 Å². The number of sulfonamides is 1. The molecule has 0 aliphatic heterocycles. The Kier molecular flexibility index (Phi) is 5.10. The molecule has 0 heterocycles. The lowest BCUT2D eigenvalue weighted by atomic mass is 10.2. The lowest BCUT2D eigenvalue weighted by Gasteiger charge is -2.12. The van der Waals surface area contributed by atoms with E-state index in [9.17, 15) is 16.8 Å². The van der Waals surface area contributed by atoms with Crippen LogP contribution in [0.1, 0.15) is 5.56 Å². The molecule has 23 heavy (non-hydrogen) atoms. The van der Waals surface area contributed by atoms with E-state index < -0.39 is 19.9 Å². The third kappa shape index (κ3) is 4.26. The number of rotatable bonds is 4. The van der Waals surface area contributed by atoms with Gasteiger partial charge >= 0.3 is 0 Å². The van der Waals surface area contributed by atoms with E-state index in [2.05, 4.69) is 20.7 Å². The zero-order valence-corrected chi connectivity index (χ0v) is 16.1. The van der Waals surface area contributed by atoms with Gasteiger partial charge in [-0.25, -0.2) is 16.8 Å². The van der Waals surface area contributed by atoms with Crippen molar-refractivity contribution in [2.45, 2.75) is 16.7 Å². The van der Waals surface area contributed by atoms with Crippen LogP contribution in [0, 0.1) is 6.92 Å². The van der Waals surface area contributed by atoms with Gasteiger partial charge in [-0.05, 0) is 58.7 Å². The Morgan fingerprint density at radius 1 is 1.04 bits per heavy atom. The highest BCUT2D eigenvalue weighted by Crippen LogP contribution is 2.29. The van der Waals surface area contributed by atoms with E-state index in [1.807, 2.05) is 6.92 Å². The quantitative estimate of drug-likeness (QED) is 0.790. The van der Waals surface area contributed by atoms with Gasteiger partial charge in [-0.2, -0.15) is 0 Å². The minimum Gasteiger partial charge on any atom is -0.278 e. The second-order valence-electron chi connectivity index (χ2n) is 4.95. The molecule has 0 unspecified atom stereocenters. The molecule has 1 N–H and O–H groups in total. The first-order valence-corrected chi connectivity index (χ1v) is 10.8. The van der Waals surface area contributed by atoms with Crippen molar-refractivity contribution in [2.75, 3.05) is 11.0 Å². The van der Waals surface area contributed by atoms with E-state index >= 15 is 0 Å². The molecular weight excluding hydrogens is 426 g/mol. The lowest BCUT2D eigenvalue weighted by Crippen LogP contribution is -2.14. The van der Waals surface area contributed by atoms with Crippen LogP contribution < -0.4 is 4.72 Å². The maximum absolute atomic E-state index is 12.5. The maximum atomic E-state index is 12.5. The summed E-state index contributed by atoms with van der Waals surface area (Å²) in [5, 5.41) is -0.0619. The average molecular weight is 439 g/mol. The summed E-state index contributed by atoms with van der Waals surface area (Å²) in [6, 6.07) is 8.66. The van der Waals surface area contributed by atoms with E-state index in [0.717, 1.165) is 17.9 Å². The van der Waals surface area contributed by atoms with Gasteiger partial charge in [0.15, 0.2) is 9.84 Å². The van der Waals surface area contributed by atoms with Crippen LogP contribution in [0.4, 0.5) is 5.69 Å². The van der Waals surface area contributed by atoms with E-state index in [-0.39, 0.29) is 14.8 Å². The van der Waals surface area contributed by atoms with Crippen molar-refractivity contribution < 1.29 is 16.8 Å². The molecule has 2 aromatic rings. The Morgan fingerprint density at radius 3 is 2.26 bits per heavy atom. The molecule has 0 aliphatic carbocycles. The Labute approximate surface area is 148 Å². The summed E-state index contributed by atoms with van der Waals surface area (Å²) in [5.74, 6) is 0. The lowest BCUT2D eigenvalue weighted by molar-refractivity contribution is 0.600. The van der Waals surface area contributed by atoms with Crippen molar-refractivity contribution in [1.82, 2.24) is 0 Å². The molecule has 2 aromatic carbocycles. The summed E-state index contributed by atoms with van der Waals surface area (Å²) < 4.78 is 51.2. The van der Waals surface area contributed by atoms with Crippen LogP contribution in [0.5, 0.6) is 0 Å². The van der Waals surface area contributed by atoms with Gasteiger partial charge in [0, 0.05) is 10.7 Å². The molecule has 0 radical (unpaired) electrons. The number of hydrogen-bond acceptors (Lipinski definition) is 4. The largest absolute Gasteiger partial charge is 0.278 e. The van der Waals surface area contributed by atoms with Gasteiger partial charge in [0.1, 0.15) is 4.90 Å². The fraction of sp³-hybridized carbons (Fsp3) is 0.143. The molecule has 2 rings (SSSR count). The molecule has 0 atom stereocenters. The molecule has 5 nitrogen and oxygen atoms in total. The highest BCUT2D eigenvalue weighted by molar-refractivity contribution is 9.10. The summed E-state index contributed by atoms with van der Waals surface area (Å²) in [7, 11) is -7.59. The first-order chi connectivity index (χ1) is 10.5. The molecule has 124 valence electrons. The van der Waals surface area contributed by atoms with Crippen molar-refractivity contribution in [3.05, 3.63) is 51.5 Å². The molecule has 0 bridgehead atoms. The van der Waals surface area contributed by atoms with Crippen LogP contribution >= 0.6 is 27.5 Å². The monoisotopic (exact) mass is 437 g/mol. The van der Waals surface area contributed by atoms with Crippen LogP contribution in [-0.4, -0.2) is 23.1 Å². The van der Waals surface area contributed by atoms with Crippen molar-refractivity contribution >= 4 is 53.1 Å². The van der Waals surface area contributed by atoms with Gasteiger partial charge in [0.25, 0.3) is 10.0 Å². The predicted octanol–water partition coefficient (Wildman–Crippen LogP) is 3.62. The number of aryl methyl sites for hydroxylation is 1. The third-order valence-electron chi connectivity index (χ3n) is 2.99. The standard InChI is InChI=1S/C14H13BrClNO4S2/c1-9-3-6-13(11(15)7-9)17-23(20,21)14-8-10(22(2,18)19)4-5-12(14)16/h3-8,17H,1-2H3. The molecular formula is C14H13BrClNO4S2. The molecule has 0 saturated heterocycles. The van der Waals surface area contributed by atoms with Crippen LogP contribution in [0.25, 0.3) is 0 Å². The Bertz CT molecular complexity index is 972. The third-order valence-corrected chi connectivity index (χ3v) is 6.60. The summed E-state index contributed by atoms with van der Waals surface area (Å²) in [6.07, 6.45) is 0.997. The van der Waals surface area contributed by atoms with Crippen LogP contribution in [0.15, 0.2) is 50.7 Å². The molecule has 0 amide bonds. The SMILES string of the molecule is Cc1ccc(NS(=O)(=O)c2cc(S(C)(=O)=O)ccc2Cl)c(Br)c1. The van der Waals surface area contributed by atoms with Crippen LogP contribution in [0.3, 0.4) is 0 Å². The Balaban J connectivity index is 2.51. The van der Waals surface area contributed by atoms with Crippen molar-refractivity contribution in [1.29, 1.82) is 0 Å². The van der Waals surface area contributed by atoms with Crippen LogP contribution in [-0.2, 0) is 19.9 Å². The fourth-order valence-electron chi connectivity index (χ4n) is 1.82. The average Bonchev–Trinajstić information content (AvgIpc) is 2.41. The summed E-state index contributed by atoms with van der Waals surface area (Å²) in [4.78, 5) is -0.417. The zero-order chi connectivity index (χ0) is 17.4. The van der Waals surface area contributed by atoms with Gasteiger partial charge < -0.3 is 0 Å². The van der Waals surface area contributed by atoms with E-state index in [4.69, 9.17) is 11.6 Å². The number of nitrogens with one attached hydrogen (secondary N) is 1. The van der Waals surface area contributed by atoms with Gasteiger partial charge in [0.05, 0.1) is 15.6 Å². The number of anilines is 1. The first kappa shape index (κ1) is 18.3. The summed E-state index contributed by atoms with van der Waals surface area (Å²) >= 11 is 9.22. The topological polar surface area (TPSA) is 80.3 Å². The van der Waals surface area contributed by atoms with Gasteiger partial charge in [-0.3, -0.25) is 4.72 Å². The molecule has 0 saturated carbocycles. The second kappa shape index (κ2) is 6.43. The molecule has 0 aliphatic rings. The Morgan fingerprint density at radius 2 is 1.70 bits per heavy atom. The van der Waals surface area contributed by atoms with E-state index in [1.54, 1.807) is 18.2 Å².